The van der Waals surface area contributed by atoms with Gasteiger partial charge >= 0.3 is 0 Å². The molecule has 0 bridgehead atoms. The van der Waals surface area contributed by atoms with Gasteiger partial charge in [-0.15, -0.1) is 0 Å². The molecule has 8 N–H and O–H groups in total. The predicted octanol–water partition coefficient (Wildman–Crippen LogP) is 1.11. The molecule has 2 rings (SSSR count). The second kappa shape index (κ2) is 7.22. The van der Waals surface area contributed by atoms with E-state index in [-0.39, 0.29) is 23.0 Å². The van der Waals surface area contributed by atoms with Gasteiger partial charge in [-0.25, -0.2) is 0 Å². The number of aromatic hydroxyl groups is 4. The van der Waals surface area contributed by atoms with E-state index in [4.69, 9.17) is 31.9 Å². The topological polar surface area (TPSA) is 133 Å². The number of benzene rings is 2. The maximum absolute atomic E-state index is 8.93. The van der Waals surface area contributed by atoms with Crippen LogP contribution in [0.4, 0.5) is 0 Å². The Morgan fingerprint density at radius 3 is 1.20 bits per heavy atom. The molecule has 2 aromatic rings. The lowest BCUT2D eigenvalue weighted by Crippen LogP contribution is -1.94. The van der Waals surface area contributed by atoms with Crippen molar-refractivity contribution in [2.45, 2.75) is 13.1 Å². The minimum atomic E-state index is -0.122. The lowest BCUT2D eigenvalue weighted by atomic mass is 10.2. The summed E-state index contributed by atoms with van der Waals surface area (Å²) in [6.07, 6.45) is 0. The van der Waals surface area contributed by atoms with Gasteiger partial charge in [0.25, 0.3) is 0 Å². The molecule has 0 aromatic heterocycles. The van der Waals surface area contributed by atoms with E-state index < -0.39 is 0 Å². The summed E-state index contributed by atoms with van der Waals surface area (Å²) in [6.45, 7) is 0.738. The Bertz CT molecular complexity index is 522. The smallest absolute Gasteiger partial charge is 0.157 e. The maximum atomic E-state index is 8.93. The summed E-state index contributed by atoms with van der Waals surface area (Å²) in [6, 6.07) is 9.03. The van der Waals surface area contributed by atoms with E-state index in [1.807, 2.05) is 0 Å². The van der Waals surface area contributed by atoms with Crippen molar-refractivity contribution in [3.05, 3.63) is 47.5 Å². The SMILES string of the molecule is NCc1ccc(O)c(O)c1.NCc1ccc(O)c(O)c1. The molecule has 0 spiro atoms. The Kier molecular flexibility index (Phi) is 5.64. The minimum Gasteiger partial charge on any atom is -0.504 e. The van der Waals surface area contributed by atoms with Gasteiger partial charge in [0.2, 0.25) is 0 Å². The van der Waals surface area contributed by atoms with Crippen LogP contribution in [-0.4, -0.2) is 20.4 Å². The normalized spacial score (nSPS) is 9.70. The molecule has 0 heterocycles. The molecule has 0 atom stereocenters. The monoisotopic (exact) mass is 278 g/mol. The third kappa shape index (κ3) is 4.34. The van der Waals surface area contributed by atoms with E-state index in [2.05, 4.69) is 0 Å². The fourth-order valence-corrected chi connectivity index (χ4v) is 1.39. The zero-order valence-corrected chi connectivity index (χ0v) is 10.8. The number of phenolic OH excluding ortho intramolecular Hbond substituents is 4. The minimum absolute atomic E-state index is 0.114. The third-order valence-electron chi connectivity index (χ3n) is 2.55. The highest BCUT2D eigenvalue weighted by Gasteiger charge is 1.98. The molecular weight excluding hydrogens is 260 g/mol. The highest BCUT2D eigenvalue weighted by atomic mass is 16.3. The van der Waals surface area contributed by atoms with Crippen LogP contribution >= 0.6 is 0 Å². The summed E-state index contributed by atoms with van der Waals surface area (Å²) in [5, 5.41) is 35.5. The van der Waals surface area contributed by atoms with Crippen LogP contribution in [0.5, 0.6) is 23.0 Å². The van der Waals surface area contributed by atoms with E-state index in [9.17, 15) is 0 Å². The molecule has 6 nitrogen and oxygen atoms in total. The van der Waals surface area contributed by atoms with Gasteiger partial charge in [0.1, 0.15) is 0 Å². The van der Waals surface area contributed by atoms with Crippen molar-refractivity contribution in [1.29, 1.82) is 0 Å². The number of phenols is 4. The molecular formula is C14H18N2O4. The Labute approximate surface area is 116 Å². The van der Waals surface area contributed by atoms with Gasteiger partial charge in [-0.3, -0.25) is 0 Å². The van der Waals surface area contributed by atoms with Crippen LogP contribution in [0.15, 0.2) is 36.4 Å². The van der Waals surface area contributed by atoms with Crippen LogP contribution in [0.3, 0.4) is 0 Å². The summed E-state index contributed by atoms with van der Waals surface area (Å²) < 4.78 is 0. The van der Waals surface area contributed by atoms with E-state index >= 15 is 0 Å². The summed E-state index contributed by atoms with van der Waals surface area (Å²) in [5.41, 5.74) is 12.2. The lowest BCUT2D eigenvalue weighted by molar-refractivity contribution is 0.403. The van der Waals surface area contributed by atoms with Crippen LogP contribution in [0.1, 0.15) is 11.1 Å². The van der Waals surface area contributed by atoms with Crippen molar-refractivity contribution in [1.82, 2.24) is 0 Å². The first kappa shape index (κ1) is 15.6. The van der Waals surface area contributed by atoms with Crippen LogP contribution < -0.4 is 11.5 Å². The fraction of sp³-hybridized carbons (Fsp3) is 0.143. The molecule has 2 aromatic carbocycles. The average Bonchev–Trinajstić information content (AvgIpc) is 2.45. The molecule has 20 heavy (non-hydrogen) atoms. The maximum Gasteiger partial charge on any atom is 0.157 e. The van der Waals surface area contributed by atoms with E-state index in [1.54, 1.807) is 12.1 Å². The number of nitrogens with two attached hydrogens (primary N) is 2. The summed E-state index contributed by atoms with van der Waals surface area (Å²) in [7, 11) is 0. The molecule has 108 valence electrons. The van der Waals surface area contributed by atoms with Crippen molar-refractivity contribution in [2.75, 3.05) is 0 Å². The molecule has 0 aliphatic rings. The highest BCUT2D eigenvalue weighted by Crippen LogP contribution is 2.25. The van der Waals surface area contributed by atoms with Crippen molar-refractivity contribution in [2.24, 2.45) is 11.5 Å². The summed E-state index contributed by atoms with van der Waals surface area (Å²) in [5.74, 6) is -0.472. The van der Waals surface area contributed by atoms with Gasteiger partial charge < -0.3 is 31.9 Å². The molecule has 6 heteroatoms. The van der Waals surface area contributed by atoms with Crippen LogP contribution in [0.25, 0.3) is 0 Å². The van der Waals surface area contributed by atoms with Crippen LogP contribution in [0, 0.1) is 0 Å². The Morgan fingerprint density at radius 2 is 0.950 bits per heavy atom. The summed E-state index contributed by atoms with van der Waals surface area (Å²) in [4.78, 5) is 0. The van der Waals surface area contributed by atoms with Gasteiger partial charge in [0.15, 0.2) is 23.0 Å². The lowest BCUT2D eigenvalue weighted by Gasteiger charge is -1.98. The first-order valence-corrected chi connectivity index (χ1v) is 5.89. The fourth-order valence-electron chi connectivity index (χ4n) is 1.39. The van der Waals surface area contributed by atoms with Crippen molar-refractivity contribution < 1.29 is 20.4 Å². The molecule has 0 aliphatic carbocycles. The van der Waals surface area contributed by atoms with Gasteiger partial charge in [-0.05, 0) is 35.4 Å². The largest absolute Gasteiger partial charge is 0.504 e. The van der Waals surface area contributed by atoms with Crippen molar-refractivity contribution in [3.8, 4) is 23.0 Å². The van der Waals surface area contributed by atoms with Gasteiger partial charge in [-0.2, -0.15) is 0 Å². The Balaban J connectivity index is 0.000000200. The molecule has 0 saturated heterocycles. The van der Waals surface area contributed by atoms with Crippen molar-refractivity contribution >= 4 is 0 Å². The number of hydrogen-bond donors (Lipinski definition) is 6. The molecule has 0 amide bonds. The van der Waals surface area contributed by atoms with Gasteiger partial charge in [0, 0.05) is 13.1 Å². The predicted molar refractivity (Wildman–Crippen MR) is 75.3 cm³/mol. The average molecular weight is 278 g/mol. The van der Waals surface area contributed by atoms with E-state index in [0.29, 0.717) is 13.1 Å². The molecule has 0 fully saturated rings. The molecule has 0 aliphatic heterocycles. The number of rotatable bonds is 2. The standard InChI is InChI=1S/2C7H9NO2/c2*8-4-5-1-2-6(9)7(10)3-5/h2*1-3,9-10H,4,8H2. The Morgan fingerprint density at radius 1 is 0.600 bits per heavy atom. The first-order chi connectivity index (χ1) is 9.47. The Hall–Kier alpha value is -2.44. The second-order valence-electron chi connectivity index (χ2n) is 4.05. The van der Waals surface area contributed by atoms with Gasteiger partial charge in [0.05, 0.1) is 0 Å². The summed E-state index contributed by atoms with van der Waals surface area (Å²) >= 11 is 0. The van der Waals surface area contributed by atoms with E-state index in [1.165, 1.54) is 24.3 Å². The van der Waals surface area contributed by atoms with E-state index in [0.717, 1.165) is 11.1 Å². The quantitative estimate of drug-likeness (QED) is 0.456. The third-order valence-corrected chi connectivity index (χ3v) is 2.55. The zero-order chi connectivity index (χ0) is 15.1. The second-order valence-corrected chi connectivity index (χ2v) is 4.05. The molecule has 0 saturated carbocycles. The van der Waals surface area contributed by atoms with Gasteiger partial charge in [-0.1, -0.05) is 12.1 Å². The first-order valence-electron chi connectivity index (χ1n) is 5.89. The molecule has 0 unspecified atom stereocenters. The zero-order valence-electron chi connectivity index (χ0n) is 10.8. The van der Waals surface area contributed by atoms with Crippen LogP contribution in [-0.2, 0) is 13.1 Å². The highest BCUT2D eigenvalue weighted by molar-refractivity contribution is 5.41. The van der Waals surface area contributed by atoms with Crippen molar-refractivity contribution in [3.63, 3.8) is 0 Å². The molecule has 0 radical (unpaired) electrons. The number of hydrogen-bond acceptors (Lipinski definition) is 6. The van der Waals surface area contributed by atoms with Crippen LogP contribution in [0.2, 0.25) is 0 Å².